The van der Waals surface area contributed by atoms with Crippen LogP contribution in [0, 0.1) is 17.8 Å². The monoisotopic (exact) mass is 632 g/mol. The zero-order valence-corrected chi connectivity index (χ0v) is 27.1. The van der Waals surface area contributed by atoms with Crippen molar-refractivity contribution < 1.29 is 24.2 Å². The van der Waals surface area contributed by atoms with Crippen molar-refractivity contribution in [3.8, 4) is 5.75 Å². The van der Waals surface area contributed by atoms with E-state index in [1.807, 2.05) is 36.4 Å². The summed E-state index contributed by atoms with van der Waals surface area (Å²) in [7, 11) is 1.70. The average Bonchev–Trinajstić information content (AvgIpc) is 3.62. The highest BCUT2D eigenvalue weighted by molar-refractivity contribution is 6.06. The van der Waals surface area contributed by atoms with Crippen molar-refractivity contribution >= 4 is 23.5 Å². The summed E-state index contributed by atoms with van der Waals surface area (Å²) in [6, 6.07) is 28.0. The lowest BCUT2D eigenvalue weighted by atomic mass is 9.69. The molecular weight excluding hydrogens is 588 g/mol. The number of phenols is 1. The van der Waals surface area contributed by atoms with Gasteiger partial charge in [0, 0.05) is 38.7 Å². The van der Waals surface area contributed by atoms with Crippen LogP contribution in [-0.4, -0.2) is 72.3 Å². The molecule has 244 valence electrons. The summed E-state index contributed by atoms with van der Waals surface area (Å²) in [4.78, 5) is 32.2. The van der Waals surface area contributed by atoms with E-state index in [2.05, 4.69) is 47.4 Å². The van der Waals surface area contributed by atoms with Gasteiger partial charge in [0.1, 0.15) is 5.75 Å². The number of hydrogen-bond donors (Lipinski definition) is 1. The third-order valence-corrected chi connectivity index (χ3v) is 10.6. The van der Waals surface area contributed by atoms with Gasteiger partial charge in [0.2, 0.25) is 11.8 Å². The summed E-state index contributed by atoms with van der Waals surface area (Å²) in [6.45, 7) is 3.54. The number of amides is 2. The van der Waals surface area contributed by atoms with Crippen LogP contribution in [0.1, 0.15) is 48.8 Å². The fourth-order valence-electron chi connectivity index (χ4n) is 8.40. The Morgan fingerprint density at radius 3 is 2.40 bits per heavy atom. The second kappa shape index (κ2) is 14.0. The predicted molar refractivity (Wildman–Crippen MR) is 182 cm³/mol. The molecule has 0 radical (unpaired) electrons. The summed E-state index contributed by atoms with van der Waals surface area (Å²) in [5.41, 5.74) is 6.81. The van der Waals surface area contributed by atoms with Crippen LogP contribution in [0.2, 0.25) is 0 Å². The number of nitrogens with zero attached hydrogens (tertiary/aromatic N) is 2. The minimum absolute atomic E-state index is 0.00141. The van der Waals surface area contributed by atoms with Gasteiger partial charge in [-0.15, -0.1) is 0 Å². The van der Waals surface area contributed by atoms with Gasteiger partial charge in [-0.1, -0.05) is 78.9 Å². The van der Waals surface area contributed by atoms with Crippen molar-refractivity contribution in [2.75, 3.05) is 33.4 Å². The van der Waals surface area contributed by atoms with Crippen LogP contribution in [-0.2, 0) is 25.6 Å². The molecule has 0 aromatic heterocycles. The Morgan fingerprint density at radius 1 is 0.936 bits per heavy atom. The second-order valence-electron chi connectivity index (χ2n) is 13.5. The van der Waals surface area contributed by atoms with E-state index < -0.39 is 0 Å². The third-order valence-electron chi connectivity index (χ3n) is 10.6. The number of methoxy groups -OCH3 is 1. The summed E-state index contributed by atoms with van der Waals surface area (Å²) in [5.74, 6) is -0.560. The number of fused-ring (bicyclic) bond motifs is 3. The average molecular weight is 633 g/mol. The number of rotatable bonds is 10. The molecule has 0 spiro atoms. The Hall–Kier alpha value is -4.04. The van der Waals surface area contributed by atoms with E-state index >= 15 is 0 Å². The lowest BCUT2D eigenvalue weighted by Crippen LogP contribution is -2.47. The number of ether oxygens (including phenoxy) is 2. The van der Waals surface area contributed by atoms with Crippen molar-refractivity contribution in [2.45, 2.75) is 50.8 Å². The fourth-order valence-corrected chi connectivity index (χ4v) is 8.40. The van der Waals surface area contributed by atoms with Gasteiger partial charge in [0.05, 0.1) is 31.2 Å². The van der Waals surface area contributed by atoms with Gasteiger partial charge in [-0.25, -0.2) is 0 Å². The number of allylic oxidation sites excluding steroid dienone is 1. The predicted octanol–water partition coefficient (Wildman–Crippen LogP) is 6.34. The quantitative estimate of drug-likeness (QED) is 0.160. The Kier molecular flexibility index (Phi) is 9.39. The normalized spacial score (nSPS) is 25.4. The minimum atomic E-state index is -0.359. The first kappa shape index (κ1) is 31.6. The Morgan fingerprint density at radius 2 is 1.68 bits per heavy atom. The van der Waals surface area contributed by atoms with Crippen LogP contribution in [0.15, 0.2) is 96.1 Å². The second-order valence-corrected chi connectivity index (χ2v) is 13.5. The third kappa shape index (κ3) is 6.57. The molecule has 0 unspecified atom stereocenters. The van der Waals surface area contributed by atoms with Crippen LogP contribution < -0.4 is 0 Å². The van der Waals surface area contributed by atoms with E-state index in [0.29, 0.717) is 19.6 Å². The molecule has 0 saturated carbocycles. The molecule has 1 N–H and O–H groups in total. The van der Waals surface area contributed by atoms with Gasteiger partial charge in [-0.2, -0.15) is 0 Å². The maximum atomic E-state index is 14.2. The molecule has 0 bridgehead atoms. The first-order valence-electron chi connectivity index (χ1n) is 17.0. The van der Waals surface area contributed by atoms with Crippen LogP contribution in [0.3, 0.4) is 0 Å². The molecule has 3 aromatic carbocycles. The lowest BCUT2D eigenvalue weighted by molar-refractivity contribution is -0.144. The van der Waals surface area contributed by atoms with E-state index in [0.717, 1.165) is 67.6 Å². The number of hydrogen-bond acceptors (Lipinski definition) is 6. The standard InChI is InChI=1S/C40H44N2O5/c1-46-25-31-23-34-38(40(45)42(39(34)44)32-17-19-41(20-18-32)24-27-9-4-2-5-10-27)35-26-47-36(37(31)35)16-15-30(29-12-6-3-7-13-29)21-28-11-8-14-33(43)22-28/h2-14,21-22,32,34-36,38,43H,15-20,23-26H2,1H3/b30-21-/t34-,35+,36-,38-/m1/s1. The molecule has 7 heteroatoms. The van der Waals surface area contributed by atoms with Crippen molar-refractivity contribution in [2.24, 2.45) is 17.8 Å². The van der Waals surface area contributed by atoms with Crippen molar-refractivity contribution in [1.82, 2.24) is 9.80 Å². The molecule has 4 aliphatic rings. The Bertz CT molecular complexity index is 1640. The zero-order valence-electron chi connectivity index (χ0n) is 27.1. The highest BCUT2D eigenvalue weighted by Crippen LogP contribution is 2.51. The molecule has 3 heterocycles. The number of piperidine rings is 1. The number of likely N-dealkylation sites (tertiary alicyclic amines) is 2. The first-order valence-corrected chi connectivity index (χ1v) is 17.0. The summed E-state index contributed by atoms with van der Waals surface area (Å²) in [6.07, 6.45) is 5.69. The molecule has 47 heavy (non-hydrogen) atoms. The van der Waals surface area contributed by atoms with E-state index in [9.17, 15) is 14.7 Å². The molecule has 1 aliphatic carbocycles. The van der Waals surface area contributed by atoms with E-state index in [1.54, 1.807) is 24.1 Å². The van der Waals surface area contributed by atoms with E-state index in [1.165, 1.54) is 11.1 Å². The zero-order chi connectivity index (χ0) is 32.3. The highest BCUT2D eigenvalue weighted by atomic mass is 16.5. The van der Waals surface area contributed by atoms with Gasteiger partial charge < -0.3 is 14.6 Å². The smallest absolute Gasteiger partial charge is 0.234 e. The van der Waals surface area contributed by atoms with Crippen LogP contribution >= 0.6 is 0 Å². The number of phenolic OH excluding ortho intramolecular Hbond substituents is 1. The largest absolute Gasteiger partial charge is 0.508 e. The minimum Gasteiger partial charge on any atom is -0.508 e. The van der Waals surface area contributed by atoms with E-state index in [4.69, 9.17) is 9.47 Å². The van der Waals surface area contributed by atoms with Gasteiger partial charge >= 0.3 is 0 Å². The van der Waals surface area contributed by atoms with Crippen LogP contribution in [0.25, 0.3) is 11.6 Å². The maximum Gasteiger partial charge on any atom is 0.234 e. The van der Waals surface area contributed by atoms with E-state index in [-0.39, 0.29) is 47.5 Å². The number of imide groups is 1. The summed E-state index contributed by atoms with van der Waals surface area (Å²) >= 11 is 0. The molecule has 3 aromatic rings. The van der Waals surface area contributed by atoms with Crippen molar-refractivity contribution in [3.63, 3.8) is 0 Å². The SMILES string of the molecule is COCC1=C2[C@@H](CC/C(=C/c3cccc(O)c3)c3ccccc3)OC[C@@H]2[C@@H]2C(=O)N(C3CCN(Cc4ccccc4)CC3)C(=O)[C@@H]2C1. The number of benzene rings is 3. The molecule has 7 rings (SSSR count). The molecule has 3 saturated heterocycles. The summed E-state index contributed by atoms with van der Waals surface area (Å²) in [5, 5.41) is 10.1. The van der Waals surface area contributed by atoms with Gasteiger partial charge in [-0.05, 0) is 77.6 Å². The number of aromatic hydroxyl groups is 1. The van der Waals surface area contributed by atoms with Gasteiger partial charge in [-0.3, -0.25) is 19.4 Å². The molecular formula is C40H44N2O5. The summed E-state index contributed by atoms with van der Waals surface area (Å²) < 4.78 is 12.2. The first-order chi connectivity index (χ1) is 23.0. The fraction of sp³-hybridized carbons (Fsp3) is 0.400. The molecule has 2 amide bonds. The van der Waals surface area contributed by atoms with Crippen LogP contribution in [0.5, 0.6) is 5.75 Å². The van der Waals surface area contributed by atoms with Gasteiger partial charge in [0.15, 0.2) is 0 Å². The molecule has 3 aliphatic heterocycles. The lowest BCUT2D eigenvalue weighted by Gasteiger charge is -2.36. The Balaban J connectivity index is 1.07. The topological polar surface area (TPSA) is 79.3 Å². The molecule has 4 atom stereocenters. The van der Waals surface area contributed by atoms with Crippen molar-refractivity contribution in [1.29, 1.82) is 0 Å². The van der Waals surface area contributed by atoms with Crippen molar-refractivity contribution in [3.05, 3.63) is 113 Å². The van der Waals surface area contributed by atoms with Crippen LogP contribution in [0.4, 0.5) is 0 Å². The number of carbonyl (C=O) groups is 2. The molecule has 7 nitrogen and oxygen atoms in total. The maximum absolute atomic E-state index is 14.2. The number of carbonyl (C=O) groups excluding carboxylic acids is 2. The Labute approximate surface area is 277 Å². The molecule has 3 fully saturated rings. The van der Waals surface area contributed by atoms with Gasteiger partial charge in [0.25, 0.3) is 0 Å². The highest BCUT2D eigenvalue weighted by Gasteiger charge is 2.58.